The maximum absolute atomic E-state index is 12.5. The fourth-order valence-electron chi connectivity index (χ4n) is 1.69. The lowest BCUT2D eigenvalue weighted by Gasteiger charge is -2.37. The van der Waals surface area contributed by atoms with Crippen molar-refractivity contribution in [3.8, 4) is 0 Å². The topological polar surface area (TPSA) is 29.5 Å². The molecule has 0 amide bonds. The summed E-state index contributed by atoms with van der Waals surface area (Å²) in [5, 5.41) is 0. The third kappa shape index (κ3) is 3.49. The van der Waals surface area contributed by atoms with Gasteiger partial charge in [-0.2, -0.15) is 0 Å². The van der Waals surface area contributed by atoms with Crippen molar-refractivity contribution >= 4 is 5.97 Å². The molecule has 5 heteroatoms. The van der Waals surface area contributed by atoms with Gasteiger partial charge in [0.15, 0.2) is 0 Å². The van der Waals surface area contributed by atoms with Gasteiger partial charge < -0.3 is 4.74 Å². The van der Waals surface area contributed by atoms with Gasteiger partial charge in [0.25, 0.3) is 5.92 Å². The van der Waals surface area contributed by atoms with Gasteiger partial charge in [-0.3, -0.25) is 9.69 Å². The number of hydrogen-bond donors (Lipinski definition) is 0. The molecule has 2 rings (SSSR count). The average Bonchev–Trinajstić information content (AvgIpc) is 2.25. The van der Waals surface area contributed by atoms with Crippen LogP contribution in [0.1, 0.15) is 5.56 Å². The molecule has 0 aliphatic carbocycles. The van der Waals surface area contributed by atoms with Crippen LogP contribution >= 0.6 is 0 Å². The van der Waals surface area contributed by atoms with Crippen LogP contribution in [-0.2, 0) is 16.1 Å². The number of ether oxygens (including phenoxy) is 1. The first-order valence-electron chi connectivity index (χ1n) is 5.35. The molecule has 0 spiro atoms. The van der Waals surface area contributed by atoms with E-state index in [1.807, 2.05) is 30.3 Å². The Morgan fingerprint density at radius 3 is 2.53 bits per heavy atom. The van der Waals surface area contributed by atoms with Crippen molar-refractivity contribution in [3.63, 3.8) is 0 Å². The first-order valence-corrected chi connectivity index (χ1v) is 5.35. The number of carbonyl (C=O) groups excluding carboxylic acids is 1. The molecule has 17 heavy (non-hydrogen) atoms. The summed E-state index contributed by atoms with van der Waals surface area (Å²) < 4.78 is 30.0. The van der Waals surface area contributed by atoms with Gasteiger partial charge in [-0.05, 0) is 5.56 Å². The molecule has 3 nitrogen and oxygen atoms in total. The minimum Gasteiger partial charge on any atom is -0.460 e. The van der Waals surface area contributed by atoms with E-state index in [2.05, 4.69) is 0 Å². The van der Waals surface area contributed by atoms with Crippen LogP contribution in [0.3, 0.4) is 0 Å². The third-order valence-corrected chi connectivity index (χ3v) is 2.51. The second-order valence-corrected chi connectivity index (χ2v) is 4.15. The first kappa shape index (κ1) is 12.0. The summed E-state index contributed by atoms with van der Waals surface area (Å²) in [7, 11) is 0. The second kappa shape index (κ2) is 4.79. The van der Waals surface area contributed by atoms with Crippen molar-refractivity contribution in [1.29, 1.82) is 0 Å². The highest BCUT2D eigenvalue weighted by molar-refractivity contribution is 5.71. The SMILES string of the molecule is O=C(CN1CC(F)(F)C1)OCc1ccccc1. The summed E-state index contributed by atoms with van der Waals surface area (Å²) >= 11 is 0. The molecule has 1 aromatic carbocycles. The lowest BCUT2D eigenvalue weighted by Crippen LogP contribution is -2.57. The van der Waals surface area contributed by atoms with Crippen molar-refractivity contribution in [2.75, 3.05) is 19.6 Å². The van der Waals surface area contributed by atoms with E-state index >= 15 is 0 Å². The molecule has 1 saturated heterocycles. The molecule has 0 atom stereocenters. The molecular weight excluding hydrogens is 228 g/mol. The Labute approximate surface area is 98.0 Å². The highest BCUT2D eigenvalue weighted by atomic mass is 19.3. The molecule has 0 bridgehead atoms. The second-order valence-electron chi connectivity index (χ2n) is 4.15. The van der Waals surface area contributed by atoms with Crippen LogP contribution in [0.15, 0.2) is 30.3 Å². The van der Waals surface area contributed by atoms with Crippen LogP contribution in [0.4, 0.5) is 8.78 Å². The van der Waals surface area contributed by atoms with Crippen LogP contribution in [0.2, 0.25) is 0 Å². The van der Waals surface area contributed by atoms with Crippen LogP contribution in [0.5, 0.6) is 0 Å². The van der Waals surface area contributed by atoms with E-state index < -0.39 is 11.9 Å². The van der Waals surface area contributed by atoms with Crippen LogP contribution in [0.25, 0.3) is 0 Å². The average molecular weight is 241 g/mol. The summed E-state index contributed by atoms with van der Waals surface area (Å²) in [6.07, 6.45) is 0. The van der Waals surface area contributed by atoms with Crippen molar-refractivity contribution in [3.05, 3.63) is 35.9 Å². The Morgan fingerprint density at radius 2 is 1.94 bits per heavy atom. The summed E-state index contributed by atoms with van der Waals surface area (Å²) in [4.78, 5) is 12.7. The number of esters is 1. The van der Waals surface area contributed by atoms with Crippen molar-refractivity contribution in [2.45, 2.75) is 12.5 Å². The molecule has 1 heterocycles. The molecule has 1 aliphatic rings. The lowest BCUT2D eigenvalue weighted by atomic mass is 10.1. The molecular formula is C12H13F2NO2. The van der Waals surface area contributed by atoms with Crippen LogP contribution < -0.4 is 0 Å². The van der Waals surface area contributed by atoms with Crippen LogP contribution in [0, 0.1) is 0 Å². The molecule has 1 aromatic rings. The maximum atomic E-state index is 12.5. The van der Waals surface area contributed by atoms with Gasteiger partial charge in [-0.25, -0.2) is 8.78 Å². The quantitative estimate of drug-likeness (QED) is 0.751. The number of nitrogens with zero attached hydrogens (tertiary/aromatic N) is 1. The predicted molar refractivity (Wildman–Crippen MR) is 57.6 cm³/mol. The summed E-state index contributed by atoms with van der Waals surface area (Å²) in [5.41, 5.74) is 0.884. The highest BCUT2D eigenvalue weighted by Crippen LogP contribution is 2.25. The third-order valence-electron chi connectivity index (χ3n) is 2.51. The number of likely N-dealkylation sites (tertiary alicyclic amines) is 1. The van der Waals surface area contributed by atoms with E-state index in [0.29, 0.717) is 0 Å². The molecule has 0 saturated carbocycles. The van der Waals surface area contributed by atoms with Gasteiger partial charge in [0.1, 0.15) is 6.61 Å². The van der Waals surface area contributed by atoms with Gasteiger partial charge in [0.2, 0.25) is 0 Å². The first-order chi connectivity index (χ1) is 8.05. The van der Waals surface area contributed by atoms with Crippen molar-refractivity contribution in [1.82, 2.24) is 4.90 Å². The smallest absolute Gasteiger partial charge is 0.320 e. The number of rotatable bonds is 4. The minimum atomic E-state index is -2.64. The normalized spacial score (nSPS) is 18.5. The van der Waals surface area contributed by atoms with E-state index in [0.717, 1.165) is 5.56 Å². The van der Waals surface area contributed by atoms with E-state index in [4.69, 9.17) is 4.74 Å². The maximum Gasteiger partial charge on any atom is 0.320 e. The van der Waals surface area contributed by atoms with E-state index in [1.165, 1.54) is 4.90 Å². The largest absolute Gasteiger partial charge is 0.460 e. The minimum absolute atomic E-state index is 0.0670. The van der Waals surface area contributed by atoms with Crippen LogP contribution in [-0.4, -0.2) is 36.4 Å². The fraction of sp³-hybridized carbons (Fsp3) is 0.417. The number of carbonyl (C=O) groups is 1. The van der Waals surface area contributed by atoms with E-state index in [9.17, 15) is 13.6 Å². The molecule has 0 aromatic heterocycles. The standard InChI is InChI=1S/C12H13F2NO2/c13-12(14)8-15(9-12)6-11(16)17-7-10-4-2-1-3-5-10/h1-5H,6-9H2. The Balaban J connectivity index is 1.69. The summed E-state index contributed by atoms with van der Waals surface area (Å²) in [6, 6.07) is 9.24. The van der Waals surface area contributed by atoms with Crippen molar-refractivity contribution < 1.29 is 18.3 Å². The monoisotopic (exact) mass is 241 g/mol. The highest BCUT2D eigenvalue weighted by Gasteiger charge is 2.44. The van der Waals surface area contributed by atoms with Gasteiger partial charge in [0.05, 0.1) is 19.6 Å². The molecule has 92 valence electrons. The van der Waals surface area contributed by atoms with Gasteiger partial charge in [-0.15, -0.1) is 0 Å². The summed E-state index contributed by atoms with van der Waals surface area (Å²) in [5.74, 6) is -3.11. The zero-order valence-electron chi connectivity index (χ0n) is 9.23. The lowest BCUT2D eigenvalue weighted by molar-refractivity contribution is -0.160. The molecule has 0 N–H and O–H groups in total. The van der Waals surface area contributed by atoms with Gasteiger partial charge in [-0.1, -0.05) is 30.3 Å². The zero-order chi connectivity index (χ0) is 12.3. The molecule has 0 unspecified atom stereocenters. The Hall–Kier alpha value is -1.49. The van der Waals surface area contributed by atoms with Gasteiger partial charge in [0, 0.05) is 0 Å². The van der Waals surface area contributed by atoms with E-state index in [-0.39, 0.29) is 26.2 Å². The predicted octanol–water partition coefficient (Wildman–Crippen LogP) is 1.68. The fourth-order valence-corrected chi connectivity index (χ4v) is 1.69. The number of hydrogen-bond acceptors (Lipinski definition) is 3. The Kier molecular flexibility index (Phi) is 3.38. The zero-order valence-corrected chi connectivity index (χ0v) is 9.23. The molecule has 0 radical (unpaired) electrons. The number of halogens is 2. The Bertz CT molecular complexity index is 387. The Morgan fingerprint density at radius 1 is 1.29 bits per heavy atom. The number of benzene rings is 1. The van der Waals surface area contributed by atoms with E-state index in [1.54, 1.807) is 0 Å². The summed E-state index contributed by atoms with van der Waals surface area (Å²) in [6.45, 7) is -0.590. The molecule has 1 fully saturated rings. The molecule has 1 aliphatic heterocycles. The van der Waals surface area contributed by atoms with Gasteiger partial charge >= 0.3 is 5.97 Å². The number of alkyl halides is 2. The van der Waals surface area contributed by atoms with Crippen molar-refractivity contribution in [2.24, 2.45) is 0 Å².